The summed E-state index contributed by atoms with van der Waals surface area (Å²) in [5.74, 6) is 0.268. The van der Waals surface area contributed by atoms with E-state index in [2.05, 4.69) is 20.2 Å². The van der Waals surface area contributed by atoms with Crippen molar-refractivity contribution in [3.8, 4) is 11.4 Å². The van der Waals surface area contributed by atoms with Crippen LogP contribution in [-0.2, 0) is 20.7 Å². The second kappa shape index (κ2) is 9.51. The molecule has 4 rings (SSSR count). The van der Waals surface area contributed by atoms with Crippen LogP contribution in [0.25, 0.3) is 11.4 Å². The van der Waals surface area contributed by atoms with E-state index in [1.165, 1.54) is 5.01 Å². The third-order valence-corrected chi connectivity index (χ3v) is 5.02. The molecule has 0 spiro atoms. The van der Waals surface area contributed by atoms with Crippen LogP contribution < -0.4 is 5.01 Å². The van der Waals surface area contributed by atoms with Crippen molar-refractivity contribution in [2.24, 2.45) is 5.10 Å². The van der Waals surface area contributed by atoms with E-state index < -0.39 is 5.97 Å². The Kier molecular flexibility index (Phi) is 6.34. The smallest absolute Gasteiger partial charge is 0.354 e. The Balaban J connectivity index is 1.32. The number of anilines is 1. The summed E-state index contributed by atoms with van der Waals surface area (Å²) in [6.45, 7) is 4.03. The first-order valence-corrected chi connectivity index (χ1v) is 10.4. The molecule has 0 saturated carbocycles. The Hall–Kier alpha value is -3.88. The number of amides is 1. The number of ether oxygens (including phenoxy) is 1. The third-order valence-electron chi connectivity index (χ3n) is 5.02. The van der Waals surface area contributed by atoms with E-state index >= 15 is 0 Å². The lowest BCUT2D eigenvalue weighted by Crippen LogP contribution is -2.35. The zero-order valence-electron chi connectivity index (χ0n) is 17.9. The minimum Gasteiger partial charge on any atom is -0.461 e. The molecule has 3 heterocycles. The number of aromatic nitrogens is 3. The summed E-state index contributed by atoms with van der Waals surface area (Å²) in [6, 6.07) is 9.43. The maximum atomic E-state index is 12.5. The molecular formula is C23H23N5O4. The molecule has 0 N–H and O–H groups in total. The molecule has 3 aromatic rings. The summed E-state index contributed by atoms with van der Waals surface area (Å²) < 4.78 is 10.6. The second-order valence-corrected chi connectivity index (χ2v) is 7.54. The van der Waals surface area contributed by atoms with E-state index in [1.807, 2.05) is 38.1 Å². The summed E-state index contributed by atoms with van der Waals surface area (Å²) in [5.41, 5.74) is 3.61. The first-order chi connectivity index (χ1) is 15.5. The number of hydrogen-bond acceptors (Lipinski definition) is 8. The van der Waals surface area contributed by atoms with Crippen LogP contribution in [0.4, 0.5) is 5.69 Å². The Morgan fingerprint density at radius 1 is 1.22 bits per heavy atom. The van der Waals surface area contributed by atoms with Gasteiger partial charge in [0.05, 0.1) is 12.3 Å². The molecule has 0 radical (unpaired) electrons. The van der Waals surface area contributed by atoms with E-state index in [0.29, 0.717) is 30.2 Å². The molecule has 9 heteroatoms. The van der Waals surface area contributed by atoms with E-state index in [1.54, 1.807) is 18.5 Å². The van der Waals surface area contributed by atoms with Gasteiger partial charge in [-0.3, -0.25) is 9.78 Å². The lowest BCUT2D eigenvalue weighted by Gasteiger charge is -2.24. The van der Waals surface area contributed by atoms with Gasteiger partial charge in [0, 0.05) is 37.2 Å². The zero-order chi connectivity index (χ0) is 22.5. The van der Waals surface area contributed by atoms with E-state index in [0.717, 1.165) is 16.7 Å². The highest BCUT2D eigenvalue weighted by Gasteiger charge is 2.27. The van der Waals surface area contributed by atoms with Crippen molar-refractivity contribution in [2.75, 3.05) is 11.6 Å². The standard InChI is InChI=1S/C23H23N5O4/c1-15-7-8-16(2)19(13-15)28-21(29)10-9-18(26-28)23(30)31-12-4-6-20-25-22(27-32-20)17-5-3-11-24-14-17/h3,5,7-8,11,13-14H,4,6,9-10,12H2,1-2H3. The molecule has 0 aliphatic carbocycles. The zero-order valence-corrected chi connectivity index (χ0v) is 17.9. The number of aryl methyl sites for hydroxylation is 3. The summed E-state index contributed by atoms with van der Waals surface area (Å²) >= 11 is 0. The molecule has 1 aromatic carbocycles. The SMILES string of the molecule is Cc1ccc(C)c(N2N=C(C(=O)OCCCc3nc(-c4cccnc4)no3)CCC2=O)c1. The maximum Gasteiger partial charge on any atom is 0.354 e. The van der Waals surface area contributed by atoms with Crippen LogP contribution in [0.2, 0.25) is 0 Å². The van der Waals surface area contributed by atoms with Crippen molar-refractivity contribution in [3.05, 3.63) is 59.7 Å². The molecule has 164 valence electrons. The van der Waals surface area contributed by atoms with Crippen LogP contribution in [-0.4, -0.2) is 39.3 Å². The summed E-state index contributed by atoms with van der Waals surface area (Å²) in [4.78, 5) is 33.2. The number of rotatable bonds is 7. The molecule has 2 aromatic heterocycles. The van der Waals surface area contributed by atoms with Gasteiger partial charge in [-0.25, -0.2) is 4.79 Å². The Bertz CT molecular complexity index is 1160. The maximum absolute atomic E-state index is 12.5. The van der Waals surface area contributed by atoms with Gasteiger partial charge >= 0.3 is 5.97 Å². The Labute approximate surface area is 185 Å². The number of hydrogen-bond donors (Lipinski definition) is 0. The Morgan fingerprint density at radius 3 is 2.91 bits per heavy atom. The van der Waals surface area contributed by atoms with Crippen LogP contribution in [0.3, 0.4) is 0 Å². The first-order valence-electron chi connectivity index (χ1n) is 10.4. The summed E-state index contributed by atoms with van der Waals surface area (Å²) in [7, 11) is 0. The minimum atomic E-state index is -0.519. The number of hydrazone groups is 1. The fourth-order valence-electron chi connectivity index (χ4n) is 3.28. The third kappa shape index (κ3) is 4.88. The van der Waals surface area contributed by atoms with E-state index in [4.69, 9.17) is 9.26 Å². The average Bonchev–Trinajstić information content (AvgIpc) is 3.28. The molecule has 0 saturated heterocycles. The molecule has 0 bridgehead atoms. The summed E-state index contributed by atoms with van der Waals surface area (Å²) in [5, 5.41) is 9.53. The van der Waals surface area contributed by atoms with Crippen LogP contribution in [0.5, 0.6) is 0 Å². The molecule has 0 unspecified atom stereocenters. The molecule has 1 amide bonds. The van der Waals surface area contributed by atoms with Gasteiger partial charge in [-0.15, -0.1) is 0 Å². The van der Waals surface area contributed by atoms with Gasteiger partial charge in [-0.1, -0.05) is 17.3 Å². The van der Waals surface area contributed by atoms with Gasteiger partial charge in [-0.2, -0.15) is 15.1 Å². The van der Waals surface area contributed by atoms with E-state index in [-0.39, 0.29) is 31.1 Å². The lowest BCUT2D eigenvalue weighted by atomic mass is 10.1. The van der Waals surface area contributed by atoms with E-state index in [9.17, 15) is 9.59 Å². The minimum absolute atomic E-state index is 0.143. The molecular weight excluding hydrogens is 410 g/mol. The van der Waals surface area contributed by atoms with Gasteiger partial charge in [0.25, 0.3) is 0 Å². The quantitative estimate of drug-likeness (QED) is 0.415. The number of benzene rings is 1. The van der Waals surface area contributed by atoms with Crippen molar-refractivity contribution in [2.45, 2.75) is 39.5 Å². The monoisotopic (exact) mass is 433 g/mol. The predicted molar refractivity (Wildman–Crippen MR) is 117 cm³/mol. The highest BCUT2D eigenvalue weighted by Crippen LogP contribution is 2.25. The molecule has 1 aliphatic heterocycles. The topological polar surface area (TPSA) is 111 Å². The fraction of sp³-hybridized carbons (Fsp3) is 0.304. The highest BCUT2D eigenvalue weighted by molar-refractivity contribution is 6.38. The van der Waals surface area contributed by atoms with Crippen molar-refractivity contribution in [1.82, 2.24) is 15.1 Å². The normalized spacial score (nSPS) is 13.8. The van der Waals surface area contributed by atoms with Crippen LogP contribution >= 0.6 is 0 Å². The predicted octanol–water partition coefficient (Wildman–Crippen LogP) is 3.41. The van der Waals surface area contributed by atoms with Gasteiger partial charge in [-0.05, 0) is 49.6 Å². The van der Waals surface area contributed by atoms with Gasteiger partial charge in [0.2, 0.25) is 17.6 Å². The molecule has 32 heavy (non-hydrogen) atoms. The number of esters is 1. The second-order valence-electron chi connectivity index (χ2n) is 7.54. The number of pyridine rings is 1. The van der Waals surface area contributed by atoms with Crippen LogP contribution in [0.15, 0.2) is 52.4 Å². The largest absolute Gasteiger partial charge is 0.461 e. The Morgan fingerprint density at radius 2 is 2.09 bits per heavy atom. The van der Waals surface area contributed by atoms with Crippen molar-refractivity contribution >= 4 is 23.3 Å². The average molecular weight is 433 g/mol. The van der Waals surface area contributed by atoms with Crippen LogP contribution in [0.1, 0.15) is 36.3 Å². The van der Waals surface area contributed by atoms with Crippen molar-refractivity contribution in [1.29, 1.82) is 0 Å². The number of nitrogens with zero attached hydrogens (tertiary/aromatic N) is 5. The molecule has 9 nitrogen and oxygen atoms in total. The van der Waals surface area contributed by atoms with Crippen LogP contribution in [0, 0.1) is 13.8 Å². The molecule has 1 aliphatic rings. The summed E-state index contributed by atoms with van der Waals surface area (Å²) in [6.07, 6.45) is 4.80. The van der Waals surface area contributed by atoms with Gasteiger partial charge in [0.15, 0.2) is 0 Å². The van der Waals surface area contributed by atoms with Gasteiger partial charge < -0.3 is 9.26 Å². The molecule has 0 atom stereocenters. The van der Waals surface area contributed by atoms with Crippen molar-refractivity contribution in [3.63, 3.8) is 0 Å². The fourth-order valence-corrected chi connectivity index (χ4v) is 3.28. The molecule has 0 fully saturated rings. The first kappa shape index (κ1) is 21.4. The van der Waals surface area contributed by atoms with Crippen molar-refractivity contribution < 1.29 is 18.8 Å². The number of carbonyl (C=O) groups excluding carboxylic acids is 2. The van der Waals surface area contributed by atoms with Gasteiger partial charge in [0.1, 0.15) is 5.71 Å². The highest BCUT2D eigenvalue weighted by atomic mass is 16.5. The number of carbonyl (C=O) groups is 2. The lowest BCUT2D eigenvalue weighted by molar-refractivity contribution is -0.135.